The highest BCUT2D eigenvalue weighted by Gasteiger charge is 2.33. The molecular weight excluding hydrogens is 398 g/mol. The van der Waals surface area contributed by atoms with Crippen LogP contribution in [0.5, 0.6) is 0 Å². The van der Waals surface area contributed by atoms with Crippen LogP contribution in [0, 0.1) is 0 Å². The van der Waals surface area contributed by atoms with Crippen LogP contribution in [0.15, 0.2) is 47.1 Å². The van der Waals surface area contributed by atoms with Crippen molar-refractivity contribution in [2.45, 2.75) is 38.6 Å². The molecule has 0 saturated carbocycles. The van der Waals surface area contributed by atoms with Gasteiger partial charge in [0.2, 0.25) is 0 Å². The summed E-state index contributed by atoms with van der Waals surface area (Å²) in [6.45, 7) is 2.06. The molecule has 0 aliphatic carbocycles. The van der Waals surface area contributed by atoms with Gasteiger partial charge in [-0.15, -0.1) is 0 Å². The lowest BCUT2D eigenvalue weighted by Crippen LogP contribution is -2.50. The van der Waals surface area contributed by atoms with E-state index in [1.54, 1.807) is 13.2 Å². The zero-order valence-corrected chi connectivity index (χ0v) is 17.5. The van der Waals surface area contributed by atoms with Crippen LogP contribution >= 0.6 is 0 Å². The standard InChI is InChI=1S/C24H25NO6/c1-2-29-24(28)19-9-5-6-12-25(19)21(26)15-31-22(27)13-17-14-30-20-11-10-16-7-3-4-8-18(16)23(17)20/h3-4,7-8,10-11,14,19H,2,5-6,9,12-13,15H2,1H3/t19-/m1/s1. The summed E-state index contributed by atoms with van der Waals surface area (Å²) in [7, 11) is 0. The summed E-state index contributed by atoms with van der Waals surface area (Å²) < 4.78 is 15.9. The average molecular weight is 423 g/mol. The molecule has 0 unspecified atom stereocenters. The third-order valence-electron chi connectivity index (χ3n) is 5.61. The number of likely N-dealkylation sites (tertiary alicyclic amines) is 1. The van der Waals surface area contributed by atoms with Gasteiger partial charge >= 0.3 is 11.9 Å². The summed E-state index contributed by atoms with van der Waals surface area (Å²) in [5.41, 5.74) is 1.41. The number of fused-ring (bicyclic) bond motifs is 3. The van der Waals surface area contributed by atoms with Gasteiger partial charge in [0.25, 0.3) is 5.91 Å². The minimum Gasteiger partial charge on any atom is -0.464 e. The molecule has 1 aromatic heterocycles. The number of hydrogen-bond acceptors (Lipinski definition) is 6. The Hall–Kier alpha value is -3.35. The molecule has 2 heterocycles. The molecule has 7 nitrogen and oxygen atoms in total. The maximum atomic E-state index is 12.6. The van der Waals surface area contributed by atoms with Crippen molar-refractivity contribution in [3.05, 3.63) is 48.2 Å². The highest BCUT2D eigenvalue weighted by atomic mass is 16.5. The number of nitrogens with zero attached hydrogens (tertiary/aromatic N) is 1. The first-order valence-corrected chi connectivity index (χ1v) is 10.6. The molecule has 2 aromatic carbocycles. The minimum atomic E-state index is -0.607. The van der Waals surface area contributed by atoms with Gasteiger partial charge in [-0.3, -0.25) is 9.59 Å². The molecular formula is C24H25NO6. The Labute approximate surface area is 179 Å². The van der Waals surface area contributed by atoms with E-state index in [4.69, 9.17) is 13.9 Å². The Balaban J connectivity index is 1.42. The molecule has 0 radical (unpaired) electrons. The highest BCUT2D eigenvalue weighted by molar-refractivity contribution is 6.08. The van der Waals surface area contributed by atoms with Gasteiger partial charge in [-0.1, -0.05) is 30.3 Å². The van der Waals surface area contributed by atoms with Gasteiger partial charge in [-0.05, 0) is 43.0 Å². The number of carbonyl (C=O) groups excluding carboxylic acids is 3. The van der Waals surface area contributed by atoms with E-state index in [0.717, 1.165) is 29.0 Å². The van der Waals surface area contributed by atoms with E-state index in [2.05, 4.69) is 0 Å². The molecule has 31 heavy (non-hydrogen) atoms. The fourth-order valence-electron chi connectivity index (χ4n) is 4.15. The summed E-state index contributed by atoms with van der Waals surface area (Å²) in [4.78, 5) is 38.7. The minimum absolute atomic E-state index is 0.00437. The molecule has 0 spiro atoms. The Bertz CT molecular complexity index is 1120. The molecule has 7 heteroatoms. The smallest absolute Gasteiger partial charge is 0.328 e. The first kappa shape index (κ1) is 20.9. The van der Waals surface area contributed by atoms with Gasteiger partial charge < -0.3 is 18.8 Å². The molecule has 1 atom stereocenters. The summed E-state index contributed by atoms with van der Waals surface area (Å²) in [6, 6.07) is 11.1. The quantitative estimate of drug-likeness (QED) is 0.563. The van der Waals surface area contributed by atoms with Crippen molar-refractivity contribution < 1.29 is 28.3 Å². The van der Waals surface area contributed by atoms with Crippen molar-refractivity contribution in [3.63, 3.8) is 0 Å². The molecule has 1 amide bonds. The van der Waals surface area contributed by atoms with E-state index < -0.39 is 24.6 Å². The lowest BCUT2D eigenvalue weighted by molar-refractivity contribution is -0.160. The predicted molar refractivity (Wildman–Crippen MR) is 114 cm³/mol. The number of ether oxygens (including phenoxy) is 2. The third-order valence-corrected chi connectivity index (χ3v) is 5.61. The molecule has 0 N–H and O–H groups in total. The zero-order valence-electron chi connectivity index (χ0n) is 17.5. The second-order valence-corrected chi connectivity index (χ2v) is 7.61. The van der Waals surface area contributed by atoms with Gasteiger partial charge in [0, 0.05) is 17.5 Å². The zero-order chi connectivity index (χ0) is 21.8. The summed E-state index contributed by atoms with van der Waals surface area (Å²) in [5.74, 6) is -1.30. The second kappa shape index (κ2) is 9.20. The van der Waals surface area contributed by atoms with Crippen LogP contribution < -0.4 is 0 Å². The van der Waals surface area contributed by atoms with E-state index in [9.17, 15) is 14.4 Å². The van der Waals surface area contributed by atoms with E-state index in [1.165, 1.54) is 4.90 Å². The number of esters is 2. The number of benzene rings is 2. The van der Waals surface area contributed by atoms with Crippen molar-refractivity contribution in [1.29, 1.82) is 0 Å². The van der Waals surface area contributed by atoms with Crippen LogP contribution in [-0.2, 0) is 30.3 Å². The molecule has 3 aromatic rings. The topological polar surface area (TPSA) is 86.0 Å². The molecule has 4 rings (SSSR count). The van der Waals surface area contributed by atoms with Crippen molar-refractivity contribution in [2.75, 3.05) is 19.8 Å². The van der Waals surface area contributed by atoms with Gasteiger partial charge in [0.05, 0.1) is 19.3 Å². The van der Waals surface area contributed by atoms with Crippen LogP contribution in [0.2, 0.25) is 0 Å². The number of carbonyl (C=O) groups is 3. The first-order chi connectivity index (χ1) is 15.1. The van der Waals surface area contributed by atoms with Crippen LogP contribution in [0.25, 0.3) is 21.7 Å². The van der Waals surface area contributed by atoms with Gasteiger partial charge in [0.1, 0.15) is 11.6 Å². The molecule has 0 bridgehead atoms. The molecule has 1 aliphatic heterocycles. The molecule has 1 aliphatic rings. The predicted octanol–water partition coefficient (Wildman–Crippen LogP) is 3.62. The molecule has 1 saturated heterocycles. The fourth-order valence-corrected chi connectivity index (χ4v) is 4.15. The van der Waals surface area contributed by atoms with Gasteiger partial charge in [-0.2, -0.15) is 0 Å². The van der Waals surface area contributed by atoms with E-state index in [-0.39, 0.29) is 18.9 Å². The summed E-state index contributed by atoms with van der Waals surface area (Å²) >= 11 is 0. The van der Waals surface area contributed by atoms with Crippen LogP contribution in [0.1, 0.15) is 31.7 Å². The van der Waals surface area contributed by atoms with Crippen LogP contribution in [0.3, 0.4) is 0 Å². The van der Waals surface area contributed by atoms with Gasteiger partial charge in [0.15, 0.2) is 6.61 Å². The van der Waals surface area contributed by atoms with Crippen molar-refractivity contribution in [1.82, 2.24) is 4.90 Å². The number of piperidine rings is 1. The van der Waals surface area contributed by atoms with E-state index >= 15 is 0 Å². The van der Waals surface area contributed by atoms with Crippen LogP contribution in [0.4, 0.5) is 0 Å². The average Bonchev–Trinajstić information content (AvgIpc) is 3.20. The monoisotopic (exact) mass is 423 g/mol. The summed E-state index contributed by atoms with van der Waals surface area (Å²) in [6.07, 6.45) is 3.78. The van der Waals surface area contributed by atoms with E-state index in [0.29, 0.717) is 24.1 Å². The van der Waals surface area contributed by atoms with Crippen molar-refractivity contribution >= 4 is 39.6 Å². The highest BCUT2D eigenvalue weighted by Crippen LogP contribution is 2.30. The Morgan fingerprint density at radius 2 is 1.94 bits per heavy atom. The van der Waals surface area contributed by atoms with E-state index in [1.807, 2.05) is 36.4 Å². The lowest BCUT2D eigenvalue weighted by atomic mass is 10.0. The SMILES string of the molecule is CCOC(=O)[C@H]1CCCCN1C(=O)COC(=O)Cc1coc2ccc3ccccc3c12. The lowest BCUT2D eigenvalue weighted by Gasteiger charge is -2.33. The third kappa shape index (κ3) is 4.40. The van der Waals surface area contributed by atoms with Gasteiger partial charge in [-0.25, -0.2) is 4.79 Å². The molecule has 1 fully saturated rings. The normalized spacial score (nSPS) is 16.4. The van der Waals surface area contributed by atoms with Crippen molar-refractivity contribution in [3.8, 4) is 0 Å². The van der Waals surface area contributed by atoms with Crippen molar-refractivity contribution in [2.24, 2.45) is 0 Å². The fraction of sp³-hybridized carbons (Fsp3) is 0.375. The van der Waals surface area contributed by atoms with Crippen LogP contribution in [-0.4, -0.2) is 48.5 Å². The number of amides is 1. The summed E-state index contributed by atoms with van der Waals surface area (Å²) in [5, 5.41) is 2.93. The number of hydrogen-bond donors (Lipinski definition) is 0. The number of furan rings is 1. The maximum absolute atomic E-state index is 12.6. The Kier molecular flexibility index (Phi) is 6.21. The number of rotatable bonds is 6. The maximum Gasteiger partial charge on any atom is 0.328 e. The Morgan fingerprint density at radius 1 is 1.10 bits per heavy atom. The molecule has 162 valence electrons. The Morgan fingerprint density at radius 3 is 2.77 bits per heavy atom. The largest absolute Gasteiger partial charge is 0.464 e. The second-order valence-electron chi connectivity index (χ2n) is 7.61. The first-order valence-electron chi connectivity index (χ1n) is 10.6.